The summed E-state index contributed by atoms with van der Waals surface area (Å²) in [7, 11) is 0. The van der Waals surface area contributed by atoms with E-state index in [-0.39, 0.29) is 23.2 Å². The first-order chi connectivity index (χ1) is 11.4. The van der Waals surface area contributed by atoms with Gasteiger partial charge in [-0.05, 0) is 16.9 Å². The van der Waals surface area contributed by atoms with Crippen LogP contribution in [-0.2, 0) is 14.3 Å². The fourth-order valence-corrected chi connectivity index (χ4v) is 4.44. The van der Waals surface area contributed by atoms with Crippen molar-refractivity contribution in [2.24, 2.45) is 5.41 Å². The Bertz CT molecular complexity index is 537. The molecule has 0 bridgehead atoms. The number of rotatable bonds is 4. The quantitative estimate of drug-likeness (QED) is 0.905. The number of carbonyl (C=O) groups is 1. The molecule has 3 heterocycles. The minimum atomic E-state index is -0.377. The molecule has 0 radical (unpaired) electrons. The Morgan fingerprint density at radius 1 is 1.33 bits per heavy atom. The van der Waals surface area contributed by atoms with Crippen molar-refractivity contribution < 1.29 is 14.3 Å². The van der Waals surface area contributed by atoms with Crippen LogP contribution in [0, 0.1) is 5.41 Å². The molecule has 1 spiro atoms. The summed E-state index contributed by atoms with van der Waals surface area (Å²) in [6, 6.07) is 4.18. The fraction of sp³-hybridized carbons (Fsp3) is 0.722. The van der Waals surface area contributed by atoms with E-state index < -0.39 is 0 Å². The van der Waals surface area contributed by atoms with Crippen molar-refractivity contribution in [3.8, 4) is 0 Å². The van der Waals surface area contributed by atoms with Gasteiger partial charge in [-0.2, -0.15) is 0 Å². The van der Waals surface area contributed by atoms with Crippen molar-refractivity contribution in [1.29, 1.82) is 0 Å². The number of amides is 1. The van der Waals surface area contributed by atoms with Crippen LogP contribution in [0.5, 0.6) is 0 Å². The van der Waals surface area contributed by atoms with Crippen molar-refractivity contribution in [2.45, 2.75) is 45.4 Å². The van der Waals surface area contributed by atoms with Gasteiger partial charge in [-0.3, -0.25) is 9.69 Å². The third kappa shape index (κ3) is 4.17. The van der Waals surface area contributed by atoms with Gasteiger partial charge in [-0.1, -0.05) is 26.8 Å². The SMILES string of the molecule is CC(C)(C)C(NC(=O)CN1CCC2(CC1)OCCO2)c1cccs1. The van der Waals surface area contributed by atoms with E-state index in [0.717, 1.165) is 25.9 Å². The van der Waals surface area contributed by atoms with Crippen LogP contribution in [-0.4, -0.2) is 49.4 Å². The number of nitrogens with one attached hydrogen (secondary N) is 1. The molecule has 2 fully saturated rings. The number of ether oxygens (including phenoxy) is 2. The van der Waals surface area contributed by atoms with Crippen LogP contribution in [0.15, 0.2) is 17.5 Å². The van der Waals surface area contributed by atoms with E-state index >= 15 is 0 Å². The lowest BCUT2D eigenvalue weighted by Gasteiger charge is -2.37. The molecule has 134 valence electrons. The number of piperidine rings is 1. The van der Waals surface area contributed by atoms with Gasteiger partial charge in [-0.25, -0.2) is 0 Å². The van der Waals surface area contributed by atoms with E-state index in [0.29, 0.717) is 19.8 Å². The van der Waals surface area contributed by atoms with E-state index in [1.807, 2.05) is 6.07 Å². The van der Waals surface area contributed by atoms with E-state index in [1.165, 1.54) is 4.88 Å². The predicted octanol–water partition coefficient (Wildman–Crippen LogP) is 2.79. The summed E-state index contributed by atoms with van der Waals surface area (Å²) in [5, 5.41) is 5.30. The van der Waals surface area contributed by atoms with Gasteiger partial charge in [0.2, 0.25) is 5.91 Å². The molecular formula is C18H28N2O3S. The monoisotopic (exact) mass is 352 g/mol. The Kier molecular flexibility index (Phi) is 5.30. The van der Waals surface area contributed by atoms with Crippen LogP contribution in [0.1, 0.15) is 44.5 Å². The van der Waals surface area contributed by atoms with Crippen LogP contribution in [0.3, 0.4) is 0 Å². The molecule has 1 aromatic heterocycles. The normalized spacial score (nSPS) is 22.6. The molecule has 2 aliphatic heterocycles. The molecule has 2 saturated heterocycles. The molecule has 24 heavy (non-hydrogen) atoms. The first kappa shape index (κ1) is 17.9. The smallest absolute Gasteiger partial charge is 0.234 e. The summed E-state index contributed by atoms with van der Waals surface area (Å²) >= 11 is 1.70. The maximum atomic E-state index is 12.6. The first-order valence-electron chi connectivity index (χ1n) is 8.71. The first-order valence-corrected chi connectivity index (χ1v) is 9.59. The second kappa shape index (κ2) is 7.12. The number of hydrogen-bond donors (Lipinski definition) is 1. The number of nitrogens with zero attached hydrogens (tertiary/aromatic N) is 1. The van der Waals surface area contributed by atoms with Crippen molar-refractivity contribution in [2.75, 3.05) is 32.8 Å². The molecule has 1 N–H and O–H groups in total. The number of likely N-dealkylation sites (tertiary alicyclic amines) is 1. The zero-order valence-corrected chi connectivity index (χ0v) is 15.7. The molecule has 1 atom stereocenters. The third-order valence-corrected chi connectivity index (χ3v) is 5.73. The number of thiophene rings is 1. The summed E-state index contributed by atoms with van der Waals surface area (Å²) in [5.74, 6) is -0.287. The highest BCUT2D eigenvalue weighted by atomic mass is 32.1. The van der Waals surface area contributed by atoms with Gasteiger partial charge in [-0.15, -0.1) is 11.3 Å². The lowest BCUT2D eigenvalue weighted by molar-refractivity contribution is -0.185. The summed E-state index contributed by atoms with van der Waals surface area (Å²) in [4.78, 5) is 16.0. The zero-order chi connectivity index (χ0) is 17.2. The topological polar surface area (TPSA) is 50.8 Å². The van der Waals surface area contributed by atoms with E-state index in [2.05, 4.69) is 42.4 Å². The fourth-order valence-electron chi connectivity index (χ4n) is 3.42. The van der Waals surface area contributed by atoms with E-state index in [4.69, 9.17) is 9.47 Å². The summed E-state index contributed by atoms with van der Waals surface area (Å²) in [6.45, 7) is 9.99. The Morgan fingerprint density at radius 3 is 2.54 bits per heavy atom. The van der Waals surface area contributed by atoms with Gasteiger partial charge >= 0.3 is 0 Å². The molecule has 1 aromatic rings. The Balaban J connectivity index is 1.53. The molecular weight excluding hydrogens is 324 g/mol. The zero-order valence-electron chi connectivity index (χ0n) is 14.8. The minimum absolute atomic E-state index is 0.0159. The van der Waals surface area contributed by atoms with Crippen LogP contribution in [0.25, 0.3) is 0 Å². The highest BCUT2D eigenvalue weighted by Crippen LogP contribution is 2.35. The van der Waals surface area contributed by atoms with Gasteiger partial charge in [0.15, 0.2) is 5.79 Å². The van der Waals surface area contributed by atoms with Crippen molar-refractivity contribution in [3.05, 3.63) is 22.4 Å². The van der Waals surface area contributed by atoms with Crippen LogP contribution >= 0.6 is 11.3 Å². The van der Waals surface area contributed by atoms with Gasteiger partial charge in [0, 0.05) is 30.8 Å². The van der Waals surface area contributed by atoms with Crippen LogP contribution in [0.4, 0.5) is 0 Å². The molecule has 0 saturated carbocycles. The highest BCUT2D eigenvalue weighted by Gasteiger charge is 2.40. The third-order valence-electron chi connectivity index (χ3n) is 4.80. The van der Waals surface area contributed by atoms with Crippen LogP contribution in [0.2, 0.25) is 0 Å². The van der Waals surface area contributed by atoms with Gasteiger partial charge in [0.05, 0.1) is 25.8 Å². The lowest BCUT2D eigenvalue weighted by atomic mass is 9.85. The Morgan fingerprint density at radius 2 is 2.00 bits per heavy atom. The van der Waals surface area contributed by atoms with E-state index in [9.17, 15) is 4.79 Å². The molecule has 1 amide bonds. The molecule has 2 aliphatic rings. The molecule has 0 aliphatic carbocycles. The van der Waals surface area contributed by atoms with Crippen molar-refractivity contribution in [1.82, 2.24) is 10.2 Å². The molecule has 0 aromatic carbocycles. The maximum Gasteiger partial charge on any atom is 0.234 e. The predicted molar refractivity (Wildman–Crippen MR) is 95.0 cm³/mol. The molecule has 5 nitrogen and oxygen atoms in total. The highest BCUT2D eigenvalue weighted by molar-refractivity contribution is 7.10. The number of hydrogen-bond acceptors (Lipinski definition) is 5. The summed E-state index contributed by atoms with van der Waals surface area (Å²) in [6.07, 6.45) is 1.68. The second-order valence-electron chi connectivity index (χ2n) is 7.77. The second-order valence-corrected chi connectivity index (χ2v) is 8.74. The molecule has 1 unspecified atom stereocenters. The molecule has 6 heteroatoms. The van der Waals surface area contributed by atoms with E-state index in [1.54, 1.807) is 11.3 Å². The number of carbonyl (C=O) groups excluding carboxylic acids is 1. The Labute approximate surface area is 148 Å². The van der Waals surface area contributed by atoms with Gasteiger partial charge < -0.3 is 14.8 Å². The van der Waals surface area contributed by atoms with Gasteiger partial charge in [0.1, 0.15) is 0 Å². The maximum absolute atomic E-state index is 12.6. The average Bonchev–Trinajstić information content (AvgIpc) is 3.19. The summed E-state index contributed by atoms with van der Waals surface area (Å²) < 4.78 is 11.5. The average molecular weight is 352 g/mol. The standard InChI is InChI=1S/C18H28N2O3S/c1-17(2,3)16(14-5-4-12-24-14)19-15(21)13-20-8-6-18(7-9-20)22-10-11-23-18/h4-5,12,16H,6-11,13H2,1-3H3,(H,19,21). The Hall–Kier alpha value is -0.950. The van der Waals surface area contributed by atoms with Gasteiger partial charge in [0.25, 0.3) is 0 Å². The molecule has 3 rings (SSSR count). The minimum Gasteiger partial charge on any atom is -0.347 e. The van der Waals surface area contributed by atoms with Crippen molar-refractivity contribution in [3.63, 3.8) is 0 Å². The van der Waals surface area contributed by atoms with Crippen LogP contribution < -0.4 is 5.32 Å². The summed E-state index contributed by atoms with van der Waals surface area (Å²) in [5.41, 5.74) is -0.0159. The lowest BCUT2D eigenvalue weighted by Crippen LogP contribution is -2.49. The van der Waals surface area contributed by atoms with Crippen molar-refractivity contribution >= 4 is 17.2 Å². The largest absolute Gasteiger partial charge is 0.347 e.